The van der Waals surface area contributed by atoms with E-state index in [0.29, 0.717) is 30.3 Å². The minimum atomic E-state index is -0.383. The number of rotatable bonds is 8. The summed E-state index contributed by atoms with van der Waals surface area (Å²) in [6.07, 6.45) is -0.248. The van der Waals surface area contributed by atoms with Crippen molar-refractivity contribution in [1.29, 1.82) is 0 Å². The first-order valence-corrected chi connectivity index (χ1v) is 9.48. The highest BCUT2D eigenvalue weighted by Crippen LogP contribution is 2.21. The predicted octanol–water partition coefficient (Wildman–Crippen LogP) is 4.24. The number of hydrogen-bond donors (Lipinski definition) is 3. The highest BCUT2D eigenvalue weighted by Gasteiger charge is 2.14. The van der Waals surface area contributed by atoms with Crippen LogP contribution < -0.4 is 16.0 Å². The smallest absolute Gasteiger partial charge is 0.319 e. The van der Waals surface area contributed by atoms with Crippen molar-refractivity contribution in [3.8, 4) is 0 Å². The lowest BCUT2D eigenvalue weighted by atomic mass is 10.1. The topological polar surface area (TPSA) is 79.5 Å². The van der Waals surface area contributed by atoms with Crippen LogP contribution in [0.5, 0.6) is 0 Å². The van der Waals surface area contributed by atoms with Crippen LogP contribution in [0, 0.1) is 5.92 Å². The molecule has 2 aromatic carbocycles. The van der Waals surface area contributed by atoms with Crippen LogP contribution in [-0.4, -0.2) is 32.1 Å². The van der Waals surface area contributed by atoms with E-state index in [1.54, 1.807) is 25.3 Å². The zero-order valence-electron chi connectivity index (χ0n) is 16.3. The third-order valence-electron chi connectivity index (χ3n) is 4.05. The quantitative estimate of drug-likeness (QED) is 0.616. The highest BCUT2D eigenvalue weighted by atomic mass is 35.5. The van der Waals surface area contributed by atoms with Gasteiger partial charge < -0.3 is 20.7 Å². The summed E-state index contributed by atoms with van der Waals surface area (Å²) in [7, 11) is 1.60. The van der Waals surface area contributed by atoms with Crippen LogP contribution in [0.1, 0.15) is 35.9 Å². The number of carbonyl (C=O) groups excluding carboxylic acids is 2. The zero-order chi connectivity index (χ0) is 20.5. The number of halogens is 1. The summed E-state index contributed by atoms with van der Waals surface area (Å²) in [6, 6.07) is 14.0. The molecule has 3 N–H and O–H groups in total. The second-order valence-corrected chi connectivity index (χ2v) is 7.18. The first-order chi connectivity index (χ1) is 13.4. The molecule has 0 fully saturated rings. The molecule has 0 heterocycles. The number of ether oxygens (including phenoxy) is 1. The zero-order valence-corrected chi connectivity index (χ0v) is 17.0. The van der Waals surface area contributed by atoms with Crippen LogP contribution in [0.25, 0.3) is 0 Å². The largest absolute Gasteiger partial charge is 0.375 e. The maximum Gasteiger partial charge on any atom is 0.319 e. The Labute approximate surface area is 170 Å². The summed E-state index contributed by atoms with van der Waals surface area (Å²) in [5.41, 5.74) is 1.85. The minimum Gasteiger partial charge on any atom is -0.375 e. The second kappa shape index (κ2) is 10.7. The lowest BCUT2D eigenvalue weighted by Gasteiger charge is -2.17. The van der Waals surface area contributed by atoms with Crippen molar-refractivity contribution in [3.05, 3.63) is 64.7 Å². The Bertz CT molecular complexity index is 797. The van der Waals surface area contributed by atoms with Gasteiger partial charge in [-0.05, 0) is 29.7 Å². The number of hydrogen-bond acceptors (Lipinski definition) is 3. The Morgan fingerprint density at radius 1 is 1.04 bits per heavy atom. The molecule has 0 bridgehead atoms. The molecule has 3 amide bonds. The van der Waals surface area contributed by atoms with Crippen molar-refractivity contribution in [2.75, 3.05) is 25.5 Å². The molecular formula is C21H26ClN3O3. The summed E-state index contributed by atoms with van der Waals surface area (Å²) in [5, 5.41) is 8.57. The van der Waals surface area contributed by atoms with Gasteiger partial charge in [-0.3, -0.25) is 4.79 Å². The third-order valence-corrected chi connectivity index (χ3v) is 4.36. The normalized spacial score (nSPS) is 11.8. The van der Waals surface area contributed by atoms with E-state index in [1.165, 1.54) is 0 Å². The van der Waals surface area contributed by atoms with Gasteiger partial charge in [0.25, 0.3) is 5.91 Å². The van der Waals surface area contributed by atoms with Crippen LogP contribution in [0.15, 0.2) is 48.5 Å². The SMILES string of the molecule is COC(CNC(=O)Nc1ccc(C(=O)NCC(C)C)c(Cl)c1)c1ccccc1. The van der Waals surface area contributed by atoms with Gasteiger partial charge in [0.1, 0.15) is 0 Å². The van der Waals surface area contributed by atoms with Gasteiger partial charge in [0.05, 0.1) is 16.7 Å². The van der Waals surface area contributed by atoms with Crippen molar-refractivity contribution in [2.24, 2.45) is 5.92 Å². The molecule has 0 spiro atoms. The molecule has 0 aliphatic heterocycles. The van der Waals surface area contributed by atoms with Crippen molar-refractivity contribution in [3.63, 3.8) is 0 Å². The molecule has 0 saturated heterocycles. The van der Waals surface area contributed by atoms with Crippen molar-refractivity contribution < 1.29 is 14.3 Å². The van der Waals surface area contributed by atoms with Gasteiger partial charge in [0, 0.05) is 25.9 Å². The van der Waals surface area contributed by atoms with Crippen molar-refractivity contribution in [1.82, 2.24) is 10.6 Å². The van der Waals surface area contributed by atoms with Gasteiger partial charge in [0.2, 0.25) is 0 Å². The molecule has 1 atom stereocenters. The monoisotopic (exact) mass is 403 g/mol. The first kappa shape index (κ1) is 21.7. The summed E-state index contributed by atoms with van der Waals surface area (Å²) in [4.78, 5) is 24.3. The fraction of sp³-hybridized carbons (Fsp3) is 0.333. The summed E-state index contributed by atoms with van der Waals surface area (Å²) in [5.74, 6) is 0.111. The number of nitrogens with one attached hydrogen (secondary N) is 3. The number of amides is 3. The van der Waals surface area contributed by atoms with E-state index < -0.39 is 0 Å². The van der Waals surface area contributed by atoms with Gasteiger partial charge in [-0.2, -0.15) is 0 Å². The number of benzene rings is 2. The predicted molar refractivity (Wildman–Crippen MR) is 112 cm³/mol. The first-order valence-electron chi connectivity index (χ1n) is 9.11. The van der Waals surface area contributed by atoms with Crippen molar-refractivity contribution >= 4 is 29.2 Å². The standard InChI is InChI=1S/C21H26ClN3O3/c1-14(2)12-23-20(26)17-10-9-16(11-18(17)22)25-21(27)24-13-19(28-3)15-7-5-4-6-8-15/h4-11,14,19H,12-13H2,1-3H3,(H,23,26)(H2,24,25,27). The summed E-state index contributed by atoms with van der Waals surface area (Å²) >= 11 is 6.20. The Morgan fingerprint density at radius 2 is 1.75 bits per heavy atom. The molecule has 2 aromatic rings. The van der Waals surface area contributed by atoms with E-state index in [4.69, 9.17) is 16.3 Å². The average Bonchev–Trinajstić information content (AvgIpc) is 2.67. The average molecular weight is 404 g/mol. The van der Waals surface area contributed by atoms with Gasteiger partial charge in [-0.15, -0.1) is 0 Å². The van der Waals surface area contributed by atoms with E-state index in [1.807, 2.05) is 44.2 Å². The van der Waals surface area contributed by atoms with E-state index in [0.717, 1.165) is 5.56 Å². The van der Waals surface area contributed by atoms with Gasteiger partial charge in [-0.1, -0.05) is 55.8 Å². The number of anilines is 1. The molecular weight excluding hydrogens is 378 g/mol. The lowest BCUT2D eigenvalue weighted by molar-refractivity contribution is 0.0949. The summed E-state index contributed by atoms with van der Waals surface area (Å²) in [6.45, 7) is 4.91. The fourth-order valence-electron chi connectivity index (χ4n) is 2.53. The maximum absolute atomic E-state index is 12.2. The molecule has 150 valence electrons. The fourth-order valence-corrected chi connectivity index (χ4v) is 2.80. The molecule has 0 aliphatic rings. The Morgan fingerprint density at radius 3 is 2.36 bits per heavy atom. The molecule has 0 aromatic heterocycles. The number of carbonyl (C=O) groups is 2. The second-order valence-electron chi connectivity index (χ2n) is 6.77. The maximum atomic E-state index is 12.2. The Kier molecular flexibility index (Phi) is 8.29. The van der Waals surface area contributed by atoms with E-state index in [9.17, 15) is 9.59 Å². The number of methoxy groups -OCH3 is 1. The van der Waals surface area contributed by atoms with Crippen LogP contribution >= 0.6 is 11.6 Å². The lowest BCUT2D eigenvalue weighted by Crippen LogP contribution is -2.33. The molecule has 1 unspecified atom stereocenters. The highest BCUT2D eigenvalue weighted by molar-refractivity contribution is 6.34. The van der Waals surface area contributed by atoms with E-state index in [-0.39, 0.29) is 23.1 Å². The van der Waals surface area contributed by atoms with Gasteiger partial charge in [-0.25, -0.2) is 4.79 Å². The molecule has 2 rings (SSSR count). The van der Waals surface area contributed by atoms with Crippen molar-refractivity contribution in [2.45, 2.75) is 20.0 Å². The minimum absolute atomic E-state index is 0.236. The Balaban J connectivity index is 1.91. The third kappa shape index (κ3) is 6.55. The van der Waals surface area contributed by atoms with Crippen LogP contribution in [-0.2, 0) is 4.74 Å². The molecule has 0 aliphatic carbocycles. The molecule has 0 radical (unpaired) electrons. The Hall–Kier alpha value is -2.57. The number of urea groups is 1. The van der Waals surface area contributed by atoms with Crippen LogP contribution in [0.2, 0.25) is 5.02 Å². The van der Waals surface area contributed by atoms with Gasteiger partial charge >= 0.3 is 6.03 Å². The summed E-state index contributed by atoms with van der Waals surface area (Å²) < 4.78 is 5.43. The molecule has 7 heteroatoms. The molecule has 0 saturated carbocycles. The molecule has 28 heavy (non-hydrogen) atoms. The molecule has 6 nitrogen and oxygen atoms in total. The van der Waals surface area contributed by atoms with E-state index in [2.05, 4.69) is 16.0 Å². The van der Waals surface area contributed by atoms with Crippen LogP contribution in [0.3, 0.4) is 0 Å². The van der Waals surface area contributed by atoms with Crippen LogP contribution in [0.4, 0.5) is 10.5 Å². The van der Waals surface area contributed by atoms with Gasteiger partial charge in [0.15, 0.2) is 0 Å². The van der Waals surface area contributed by atoms with E-state index >= 15 is 0 Å².